The highest BCUT2D eigenvalue weighted by Crippen LogP contribution is 2.22. The Morgan fingerprint density at radius 1 is 0.548 bits per heavy atom. The minimum absolute atomic E-state index is 0.156. The SMILES string of the molecule is CCCCCCCCCCCOc1ccc(-c2cnc(C(=O)Oc3ccc(OCCCCCCCC)cc3)cn2)cc1. The smallest absolute Gasteiger partial charge is 0.363 e. The maximum absolute atomic E-state index is 12.6. The van der Waals surface area contributed by atoms with E-state index in [2.05, 4.69) is 23.8 Å². The van der Waals surface area contributed by atoms with Gasteiger partial charge in [-0.3, -0.25) is 4.98 Å². The topological polar surface area (TPSA) is 70.5 Å². The summed E-state index contributed by atoms with van der Waals surface area (Å²) in [7, 11) is 0. The average Bonchev–Trinajstić information content (AvgIpc) is 3.02. The molecule has 0 aliphatic rings. The monoisotopic (exact) mass is 574 g/mol. The molecule has 0 aliphatic heterocycles. The Morgan fingerprint density at radius 3 is 1.48 bits per heavy atom. The van der Waals surface area contributed by atoms with Gasteiger partial charge in [0.05, 0.1) is 31.3 Å². The zero-order chi connectivity index (χ0) is 29.7. The molecule has 0 amide bonds. The Balaban J connectivity index is 1.34. The van der Waals surface area contributed by atoms with Gasteiger partial charge in [0.15, 0.2) is 5.69 Å². The lowest BCUT2D eigenvalue weighted by atomic mass is 10.1. The molecule has 0 fully saturated rings. The summed E-state index contributed by atoms with van der Waals surface area (Å²) in [5, 5.41) is 0. The van der Waals surface area contributed by atoms with Crippen molar-refractivity contribution in [2.24, 2.45) is 0 Å². The normalized spacial score (nSPS) is 10.9. The van der Waals surface area contributed by atoms with Crippen molar-refractivity contribution in [3.8, 4) is 28.5 Å². The van der Waals surface area contributed by atoms with Crippen LogP contribution in [0.15, 0.2) is 60.9 Å². The summed E-state index contributed by atoms with van der Waals surface area (Å²) in [6.45, 7) is 5.92. The van der Waals surface area contributed by atoms with Gasteiger partial charge >= 0.3 is 5.97 Å². The predicted octanol–water partition coefficient (Wildman–Crippen LogP) is 10.0. The lowest BCUT2D eigenvalue weighted by molar-refractivity contribution is 0.0728. The Labute approximate surface area is 253 Å². The number of unbranched alkanes of at least 4 members (excludes halogenated alkanes) is 13. The molecule has 0 saturated heterocycles. The first-order chi connectivity index (χ1) is 20.7. The van der Waals surface area contributed by atoms with Gasteiger partial charge in [-0.1, -0.05) is 97.3 Å². The number of benzene rings is 2. The second-order valence-electron chi connectivity index (χ2n) is 11.0. The van der Waals surface area contributed by atoms with Crippen LogP contribution in [0.25, 0.3) is 11.3 Å². The van der Waals surface area contributed by atoms with E-state index in [4.69, 9.17) is 14.2 Å². The summed E-state index contributed by atoms with van der Waals surface area (Å²) in [5.74, 6) is 1.52. The van der Waals surface area contributed by atoms with Crippen molar-refractivity contribution in [2.45, 2.75) is 110 Å². The highest BCUT2D eigenvalue weighted by molar-refractivity contribution is 5.88. The van der Waals surface area contributed by atoms with Crippen molar-refractivity contribution in [3.05, 3.63) is 66.6 Å². The molecular weight excluding hydrogens is 524 g/mol. The number of carbonyl (C=O) groups is 1. The van der Waals surface area contributed by atoms with Gasteiger partial charge in [0.25, 0.3) is 0 Å². The van der Waals surface area contributed by atoms with Crippen molar-refractivity contribution in [2.75, 3.05) is 13.2 Å². The number of carbonyl (C=O) groups excluding carboxylic acids is 1. The van der Waals surface area contributed by atoms with E-state index in [1.165, 1.54) is 89.7 Å². The van der Waals surface area contributed by atoms with E-state index in [9.17, 15) is 4.79 Å². The van der Waals surface area contributed by atoms with Crippen molar-refractivity contribution in [1.82, 2.24) is 9.97 Å². The van der Waals surface area contributed by atoms with E-state index in [0.29, 0.717) is 18.1 Å². The molecule has 0 atom stereocenters. The van der Waals surface area contributed by atoms with E-state index in [1.807, 2.05) is 36.4 Å². The van der Waals surface area contributed by atoms with Crippen molar-refractivity contribution < 1.29 is 19.0 Å². The van der Waals surface area contributed by atoms with Crippen molar-refractivity contribution in [1.29, 1.82) is 0 Å². The summed E-state index contributed by atoms with van der Waals surface area (Å²) in [6.07, 6.45) is 22.1. The lowest BCUT2D eigenvalue weighted by Crippen LogP contribution is -2.11. The molecular formula is C36H50N2O4. The van der Waals surface area contributed by atoms with E-state index >= 15 is 0 Å². The third kappa shape index (κ3) is 13.1. The zero-order valence-electron chi connectivity index (χ0n) is 25.8. The molecule has 2 aromatic carbocycles. The van der Waals surface area contributed by atoms with Gasteiger partial charge in [0.2, 0.25) is 0 Å². The van der Waals surface area contributed by atoms with Gasteiger partial charge < -0.3 is 14.2 Å². The van der Waals surface area contributed by atoms with Crippen molar-refractivity contribution >= 4 is 5.97 Å². The fourth-order valence-corrected chi connectivity index (χ4v) is 4.74. The number of nitrogens with zero attached hydrogens (tertiary/aromatic N) is 2. The molecule has 6 heteroatoms. The first-order valence-corrected chi connectivity index (χ1v) is 16.2. The quantitative estimate of drug-likeness (QED) is 0.0675. The third-order valence-corrected chi connectivity index (χ3v) is 7.33. The number of ether oxygens (including phenoxy) is 3. The van der Waals surface area contributed by atoms with Crippen LogP contribution >= 0.6 is 0 Å². The number of esters is 1. The molecule has 3 rings (SSSR count). The largest absolute Gasteiger partial charge is 0.494 e. The minimum Gasteiger partial charge on any atom is -0.494 e. The molecule has 1 heterocycles. The number of aromatic nitrogens is 2. The van der Waals surface area contributed by atoms with Crippen LogP contribution in [0.3, 0.4) is 0 Å². The average molecular weight is 575 g/mol. The fraction of sp³-hybridized carbons (Fsp3) is 0.528. The van der Waals surface area contributed by atoms with Crippen LogP contribution in [0, 0.1) is 0 Å². The second kappa shape index (κ2) is 20.5. The Hall–Kier alpha value is -3.41. The van der Waals surface area contributed by atoms with E-state index in [-0.39, 0.29) is 5.69 Å². The van der Waals surface area contributed by atoms with Gasteiger partial charge in [-0.2, -0.15) is 0 Å². The van der Waals surface area contributed by atoms with Gasteiger partial charge in [0.1, 0.15) is 17.2 Å². The van der Waals surface area contributed by atoms with Gasteiger partial charge in [-0.15, -0.1) is 0 Å². The summed E-state index contributed by atoms with van der Waals surface area (Å²) in [5.41, 5.74) is 1.75. The first-order valence-electron chi connectivity index (χ1n) is 16.2. The van der Waals surface area contributed by atoms with Crippen LogP contribution < -0.4 is 14.2 Å². The fourth-order valence-electron chi connectivity index (χ4n) is 4.74. The Kier molecular flexibility index (Phi) is 16.1. The summed E-state index contributed by atoms with van der Waals surface area (Å²) in [6, 6.07) is 14.9. The van der Waals surface area contributed by atoms with E-state index < -0.39 is 5.97 Å². The summed E-state index contributed by atoms with van der Waals surface area (Å²) in [4.78, 5) is 21.3. The molecule has 0 unspecified atom stereocenters. The molecule has 0 N–H and O–H groups in total. The molecule has 0 bridgehead atoms. The molecule has 42 heavy (non-hydrogen) atoms. The Morgan fingerprint density at radius 2 is 1.00 bits per heavy atom. The molecule has 6 nitrogen and oxygen atoms in total. The first kappa shape index (κ1) is 33.1. The summed E-state index contributed by atoms with van der Waals surface area (Å²) >= 11 is 0. The highest BCUT2D eigenvalue weighted by Gasteiger charge is 2.12. The number of hydrogen-bond acceptors (Lipinski definition) is 6. The maximum atomic E-state index is 12.6. The van der Waals surface area contributed by atoms with E-state index in [1.54, 1.807) is 18.3 Å². The molecule has 3 aromatic rings. The van der Waals surface area contributed by atoms with Crippen molar-refractivity contribution in [3.63, 3.8) is 0 Å². The standard InChI is InChI=1S/C36H50N2O4/c1-3-5-7-9-11-12-13-15-17-26-40-31-20-18-30(19-21-31)34-28-38-35(29-37-34)36(39)42-33-24-22-32(23-25-33)41-27-16-14-10-8-6-4-2/h18-25,28-29H,3-17,26-27H2,1-2H3. The van der Waals surface area contributed by atoms with Gasteiger partial charge in [-0.05, 0) is 61.4 Å². The molecule has 0 aliphatic carbocycles. The molecule has 0 radical (unpaired) electrons. The maximum Gasteiger partial charge on any atom is 0.363 e. The highest BCUT2D eigenvalue weighted by atomic mass is 16.5. The van der Waals surface area contributed by atoms with Gasteiger partial charge in [0, 0.05) is 5.56 Å². The van der Waals surface area contributed by atoms with Crippen LogP contribution in [-0.4, -0.2) is 29.2 Å². The summed E-state index contributed by atoms with van der Waals surface area (Å²) < 4.78 is 17.2. The third-order valence-electron chi connectivity index (χ3n) is 7.33. The molecule has 1 aromatic heterocycles. The van der Waals surface area contributed by atoms with Crippen LogP contribution in [0.1, 0.15) is 121 Å². The minimum atomic E-state index is -0.546. The van der Waals surface area contributed by atoms with Gasteiger partial charge in [-0.25, -0.2) is 9.78 Å². The van der Waals surface area contributed by atoms with Crippen LogP contribution in [-0.2, 0) is 0 Å². The lowest BCUT2D eigenvalue weighted by Gasteiger charge is -2.08. The molecule has 0 spiro atoms. The second-order valence-corrected chi connectivity index (χ2v) is 11.0. The van der Waals surface area contributed by atoms with Crippen LogP contribution in [0.5, 0.6) is 17.2 Å². The van der Waals surface area contributed by atoms with Crippen LogP contribution in [0.2, 0.25) is 0 Å². The number of hydrogen-bond donors (Lipinski definition) is 0. The zero-order valence-corrected chi connectivity index (χ0v) is 25.8. The molecule has 0 saturated carbocycles. The van der Waals surface area contributed by atoms with E-state index in [0.717, 1.165) is 36.5 Å². The van der Waals surface area contributed by atoms with Crippen LogP contribution in [0.4, 0.5) is 0 Å². The Bertz CT molecular complexity index is 1110. The molecule has 228 valence electrons. The number of rotatable bonds is 22. The predicted molar refractivity (Wildman–Crippen MR) is 170 cm³/mol.